The summed E-state index contributed by atoms with van der Waals surface area (Å²) in [5.41, 5.74) is -1.11. The monoisotopic (exact) mass is 286 g/mol. The quantitative estimate of drug-likeness (QED) is 0.814. The minimum Gasteiger partial charge on any atom is -0.388 e. The van der Waals surface area contributed by atoms with Crippen LogP contribution in [0.3, 0.4) is 0 Å². The number of aliphatic hydroxyl groups is 1. The number of nitrogens with one attached hydrogen (secondary N) is 1. The van der Waals surface area contributed by atoms with E-state index < -0.39 is 5.60 Å². The summed E-state index contributed by atoms with van der Waals surface area (Å²) in [7, 11) is 1.68. The van der Waals surface area contributed by atoms with Gasteiger partial charge in [-0.25, -0.2) is 4.79 Å². The van der Waals surface area contributed by atoms with Crippen molar-refractivity contribution in [2.75, 3.05) is 13.7 Å². The summed E-state index contributed by atoms with van der Waals surface area (Å²) < 4.78 is 5.39. The molecule has 1 aliphatic rings. The molecule has 0 unspecified atom stereocenters. The molecule has 0 saturated carbocycles. The number of hydrogen-bond acceptors (Lipinski definition) is 3. The number of carbonyl (C=O) groups excluding carboxylic acids is 1. The molecule has 2 N–H and O–H groups in total. The second kappa shape index (κ2) is 6.31. The van der Waals surface area contributed by atoms with Crippen molar-refractivity contribution in [3.05, 3.63) is 0 Å². The van der Waals surface area contributed by atoms with Gasteiger partial charge in [-0.2, -0.15) is 0 Å². The van der Waals surface area contributed by atoms with Gasteiger partial charge in [-0.15, -0.1) is 0 Å². The molecule has 0 aliphatic carbocycles. The summed E-state index contributed by atoms with van der Waals surface area (Å²) >= 11 is 0. The number of nitrogens with zero attached hydrogens (tertiary/aromatic N) is 1. The molecule has 1 aliphatic heterocycles. The van der Waals surface area contributed by atoms with E-state index in [4.69, 9.17) is 4.74 Å². The topological polar surface area (TPSA) is 61.8 Å². The summed E-state index contributed by atoms with van der Waals surface area (Å²) in [6.45, 7) is 10.2. The third-order valence-electron chi connectivity index (χ3n) is 4.05. The van der Waals surface area contributed by atoms with E-state index in [1.165, 1.54) is 0 Å². The van der Waals surface area contributed by atoms with E-state index in [0.717, 1.165) is 19.3 Å². The van der Waals surface area contributed by atoms with E-state index in [9.17, 15) is 9.90 Å². The van der Waals surface area contributed by atoms with Crippen LogP contribution in [0.1, 0.15) is 53.9 Å². The van der Waals surface area contributed by atoms with Crippen LogP contribution >= 0.6 is 0 Å². The van der Waals surface area contributed by atoms with E-state index >= 15 is 0 Å². The highest BCUT2D eigenvalue weighted by Crippen LogP contribution is 2.27. The molecular formula is C15H30N2O3. The van der Waals surface area contributed by atoms with Crippen molar-refractivity contribution in [1.29, 1.82) is 0 Å². The number of methoxy groups -OCH3 is 1. The van der Waals surface area contributed by atoms with Gasteiger partial charge in [-0.3, -0.25) is 0 Å². The van der Waals surface area contributed by atoms with Gasteiger partial charge in [0.05, 0.1) is 17.2 Å². The first-order valence-electron chi connectivity index (χ1n) is 7.41. The van der Waals surface area contributed by atoms with Crippen LogP contribution in [-0.4, -0.2) is 53.0 Å². The van der Waals surface area contributed by atoms with Crippen molar-refractivity contribution in [3.63, 3.8) is 0 Å². The average Bonchev–Trinajstić information content (AvgIpc) is 2.76. The van der Waals surface area contributed by atoms with Crippen LogP contribution in [0.2, 0.25) is 0 Å². The van der Waals surface area contributed by atoms with Crippen LogP contribution in [-0.2, 0) is 4.74 Å². The lowest BCUT2D eigenvalue weighted by Gasteiger charge is -2.35. The standard InChI is InChI=1S/C15H30N2O3/c1-11(10-14(2,3)20-6)16-13(18)17-9-7-8-12(17)15(4,5)19/h11-12,19H,7-10H2,1-6H3,(H,16,18)/t11-,12+/m0/s1. The Morgan fingerprint density at radius 2 is 2.05 bits per heavy atom. The maximum atomic E-state index is 12.3. The average molecular weight is 286 g/mol. The van der Waals surface area contributed by atoms with Gasteiger partial charge in [0.2, 0.25) is 0 Å². The number of amides is 2. The molecule has 1 saturated heterocycles. The number of rotatable bonds is 5. The Kier molecular flexibility index (Phi) is 5.44. The van der Waals surface area contributed by atoms with Gasteiger partial charge in [0.25, 0.3) is 0 Å². The van der Waals surface area contributed by atoms with Crippen LogP contribution < -0.4 is 5.32 Å². The second-order valence-corrected chi connectivity index (χ2v) is 7.02. The predicted octanol–water partition coefficient (Wildman–Crippen LogP) is 2.13. The summed E-state index contributed by atoms with van der Waals surface area (Å²) in [5, 5.41) is 13.2. The van der Waals surface area contributed by atoms with E-state index in [0.29, 0.717) is 6.54 Å². The lowest BCUT2D eigenvalue weighted by Crippen LogP contribution is -2.53. The molecule has 1 rings (SSSR count). The fraction of sp³-hybridized carbons (Fsp3) is 0.933. The van der Waals surface area contributed by atoms with Crippen molar-refractivity contribution >= 4 is 6.03 Å². The molecule has 118 valence electrons. The first-order valence-corrected chi connectivity index (χ1v) is 7.41. The summed E-state index contributed by atoms with van der Waals surface area (Å²) in [5.74, 6) is 0. The third-order valence-corrected chi connectivity index (χ3v) is 4.05. The van der Waals surface area contributed by atoms with Gasteiger partial charge in [0.15, 0.2) is 0 Å². The Labute approximate surface area is 122 Å². The Bertz CT molecular complexity index is 337. The Morgan fingerprint density at radius 3 is 2.55 bits per heavy atom. The first-order chi connectivity index (χ1) is 9.07. The van der Waals surface area contributed by atoms with E-state index in [2.05, 4.69) is 5.32 Å². The summed E-state index contributed by atoms with van der Waals surface area (Å²) in [6, 6.07) is -0.167. The van der Waals surface area contributed by atoms with Crippen molar-refractivity contribution in [1.82, 2.24) is 10.2 Å². The van der Waals surface area contributed by atoms with E-state index in [1.807, 2.05) is 20.8 Å². The van der Waals surface area contributed by atoms with Gasteiger partial charge >= 0.3 is 6.03 Å². The maximum absolute atomic E-state index is 12.3. The van der Waals surface area contributed by atoms with Gasteiger partial charge in [-0.1, -0.05) is 0 Å². The number of likely N-dealkylation sites (tertiary alicyclic amines) is 1. The van der Waals surface area contributed by atoms with Gasteiger partial charge in [0.1, 0.15) is 0 Å². The highest BCUT2D eigenvalue weighted by atomic mass is 16.5. The molecule has 5 heteroatoms. The van der Waals surface area contributed by atoms with E-state index in [-0.39, 0.29) is 23.7 Å². The molecule has 0 aromatic rings. The van der Waals surface area contributed by atoms with Crippen LogP contribution in [0.4, 0.5) is 4.79 Å². The molecule has 2 amide bonds. The van der Waals surface area contributed by atoms with Crippen molar-refractivity contribution in [3.8, 4) is 0 Å². The van der Waals surface area contributed by atoms with Crippen LogP contribution in [0, 0.1) is 0 Å². The van der Waals surface area contributed by atoms with Gasteiger partial charge < -0.3 is 20.1 Å². The number of hydrogen-bond donors (Lipinski definition) is 2. The highest BCUT2D eigenvalue weighted by Gasteiger charge is 2.38. The minimum atomic E-state index is -0.858. The molecule has 0 spiro atoms. The van der Waals surface area contributed by atoms with Crippen LogP contribution in [0.25, 0.3) is 0 Å². The number of carbonyl (C=O) groups is 1. The summed E-state index contributed by atoms with van der Waals surface area (Å²) in [4.78, 5) is 14.1. The molecule has 0 aromatic carbocycles. The SMILES string of the molecule is COC(C)(C)C[C@H](C)NC(=O)N1CCC[C@@H]1C(C)(C)O. The zero-order valence-corrected chi connectivity index (χ0v) is 13.7. The van der Waals surface area contributed by atoms with E-state index in [1.54, 1.807) is 25.9 Å². The Hall–Kier alpha value is -0.810. The fourth-order valence-electron chi connectivity index (χ4n) is 2.91. The fourth-order valence-corrected chi connectivity index (χ4v) is 2.91. The molecule has 0 aromatic heterocycles. The molecule has 5 nitrogen and oxygen atoms in total. The third kappa shape index (κ3) is 4.63. The largest absolute Gasteiger partial charge is 0.388 e. The normalized spacial score (nSPS) is 21.9. The van der Waals surface area contributed by atoms with Gasteiger partial charge in [0, 0.05) is 19.7 Å². The maximum Gasteiger partial charge on any atom is 0.317 e. The second-order valence-electron chi connectivity index (χ2n) is 7.02. The van der Waals surface area contributed by atoms with Crippen LogP contribution in [0.15, 0.2) is 0 Å². The lowest BCUT2D eigenvalue weighted by molar-refractivity contribution is 0.00316. The predicted molar refractivity (Wildman–Crippen MR) is 79.7 cm³/mol. The highest BCUT2D eigenvalue weighted by molar-refractivity contribution is 5.75. The molecule has 20 heavy (non-hydrogen) atoms. The molecule has 2 atom stereocenters. The smallest absolute Gasteiger partial charge is 0.317 e. The zero-order valence-electron chi connectivity index (χ0n) is 13.7. The molecular weight excluding hydrogens is 256 g/mol. The van der Waals surface area contributed by atoms with Crippen LogP contribution in [0.5, 0.6) is 0 Å². The first kappa shape index (κ1) is 17.2. The molecule has 0 radical (unpaired) electrons. The number of urea groups is 1. The summed E-state index contributed by atoms with van der Waals surface area (Å²) in [6.07, 6.45) is 2.55. The van der Waals surface area contributed by atoms with Crippen molar-refractivity contribution in [2.45, 2.75) is 77.2 Å². The number of ether oxygens (including phenoxy) is 1. The minimum absolute atomic E-state index is 0.0282. The Morgan fingerprint density at radius 1 is 1.45 bits per heavy atom. The van der Waals surface area contributed by atoms with Crippen molar-refractivity contribution < 1.29 is 14.6 Å². The Balaban J connectivity index is 2.58. The van der Waals surface area contributed by atoms with Crippen molar-refractivity contribution in [2.24, 2.45) is 0 Å². The molecule has 0 bridgehead atoms. The lowest BCUT2D eigenvalue weighted by atomic mass is 9.97. The zero-order chi connectivity index (χ0) is 15.6. The molecule has 1 fully saturated rings. The molecule has 1 heterocycles. The van der Waals surface area contributed by atoms with Gasteiger partial charge in [-0.05, 0) is 53.9 Å².